The number of benzene rings is 1. The van der Waals surface area contributed by atoms with Gasteiger partial charge in [-0.05, 0) is 43.9 Å². The summed E-state index contributed by atoms with van der Waals surface area (Å²) in [6, 6.07) is 5.52. The van der Waals surface area contributed by atoms with E-state index in [9.17, 15) is 9.90 Å². The maximum Gasteiger partial charge on any atom is 0.337 e. The maximum atomic E-state index is 11.3. The number of carboxylic acid groups (broad SMARTS) is 1. The van der Waals surface area contributed by atoms with Gasteiger partial charge in [-0.15, -0.1) is 0 Å². The summed E-state index contributed by atoms with van der Waals surface area (Å²) in [5, 5.41) is 9.29. The Morgan fingerprint density at radius 1 is 1.39 bits per heavy atom. The molecule has 0 radical (unpaired) electrons. The fourth-order valence-electron chi connectivity index (χ4n) is 2.60. The molecule has 0 aliphatic carbocycles. The highest BCUT2D eigenvalue weighted by Gasteiger charge is 2.26. The number of nitrogens with zero attached hydrogens (tertiary/aromatic N) is 1. The van der Waals surface area contributed by atoms with Gasteiger partial charge in [-0.3, -0.25) is 0 Å². The van der Waals surface area contributed by atoms with E-state index in [1.165, 1.54) is 6.42 Å². The lowest BCUT2D eigenvalue weighted by Crippen LogP contribution is -2.41. The zero-order valence-corrected chi connectivity index (χ0v) is 10.9. The van der Waals surface area contributed by atoms with Crippen LogP contribution >= 0.6 is 0 Å². The summed E-state index contributed by atoms with van der Waals surface area (Å²) in [7, 11) is 0. The summed E-state index contributed by atoms with van der Waals surface area (Å²) >= 11 is 0. The van der Waals surface area contributed by atoms with Gasteiger partial charge in [-0.25, -0.2) is 4.79 Å². The van der Waals surface area contributed by atoms with Crippen molar-refractivity contribution in [3.05, 3.63) is 23.8 Å². The summed E-state index contributed by atoms with van der Waals surface area (Å²) in [6.45, 7) is 5.26. The molecule has 1 saturated heterocycles. The molecule has 1 aliphatic heterocycles. The van der Waals surface area contributed by atoms with Crippen molar-refractivity contribution in [1.29, 1.82) is 0 Å². The second-order valence-electron chi connectivity index (χ2n) is 5.27. The molecule has 0 aromatic heterocycles. The molecular weight excluding hydrogens is 228 g/mol. The lowest BCUT2D eigenvalue weighted by Gasteiger charge is -2.39. The molecule has 0 spiro atoms. The molecule has 4 heteroatoms. The third-order valence-electron chi connectivity index (χ3n) is 3.68. The molecule has 98 valence electrons. The van der Waals surface area contributed by atoms with Crippen molar-refractivity contribution < 1.29 is 9.90 Å². The molecule has 0 bridgehead atoms. The van der Waals surface area contributed by atoms with Crippen LogP contribution in [-0.4, -0.2) is 23.7 Å². The van der Waals surface area contributed by atoms with Gasteiger partial charge in [-0.2, -0.15) is 0 Å². The van der Waals surface area contributed by atoms with Gasteiger partial charge in [0.1, 0.15) is 0 Å². The highest BCUT2D eigenvalue weighted by Crippen LogP contribution is 2.31. The highest BCUT2D eigenvalue weighted by atomic mass is 16.4. The van der Waals surface area contributed by atoms with Gasteiger partial charge in [0.15, 0.2) is 0 Å². The van der Waals surface area contributed by atoms with Crippen molar-refractivity contribution in [1.82, 2.24) is 0 Å². The number of piperidine rings is 1. The van der Waals surface area contributed by atoms with Crippen LogP contribution in [0.3, 0.4) is 0 Å². The zero-order chi connectivity index (χ0) is 13.3. The second-order valence-corrected chi connectivity index (χ2v) is 5.27. The lowest BCUT2D eigenvalue weighted by atomic mass is 9.93. The van der Waals surface area contributed by atoms with Gasteiger partial charge in [-0.1, -0.05) is 6.92 Å². The zero-order valence-electron chi connectivity index (χ0n) is 10.9. The van der Waals surface area contributed by atoms with Crippen LogP contribution in [0.5, 0.6) is 0 Å². The molecule has 2 unspecified atom stereocenters. The number of aromatic carboxylic acids is 1. The minimum Gasteiger partial charge on any atom is -0.478 e. The number of nitrogen functional groups attached to an aromatic ring is 1. The van der Waals surface area contributed by atoms with Crippen LogP contribution in [0.1, 0.15) is 37.0 Å². The summed E-state index contributed by atoms with van der Waals surface area (Å²) in [5.74, 6) is -0.317. The van der Waals surface area contributed by atoms with E-state index < -0.39 is 5.97 Å². The molecule has 1 aromatic rings. The fraction of sp³-hybridized carbons (Fsp3) is 0.500. The first-order valence-corrected chi connectivity index (χ1v) is 6.38. The van der Waals surface area contributed by atoms with E-state index in [4.69, 9.17) is 5.73 Å². The molecule has 3 N–H and O–H groups in total. The van der Waals surface area contributed by atoms with Gasteiger partial charge >= 0.3 is 5.97 Å². The van der Waals surface area contributed by atoms with Crippen molar-refractivity contribution >= 4 is 17.3 Å². The molecule has 2 atom stereocenters. The smallest absolute Gasteiger partial charge is 0.337 e. The summed E-state index contributed by atoms with van der Waals surface area (Å²) in [5.41, 5.74) is 7.26. The first-order chi connectivity index (χ1) is 8.49. The van der Waals surface area contributed by atoms with Crippen molar-refractivity contribution in [3.63, 3.8) is 0 Å². The molecule has 18 heavy (non-hydrogen) atoms. The van der Waals surface area contributed by atoms with Crippen LogP contribution in [0.2, 0.25) is 0 Å². The Balaban J connectivity index is 2.40. The van der Waals surface area contributed by atoms with Crippen molar-refractivity contribution in [3.8, 4) is 0 Å². The van der Waals surface area contributed by atoms with Gasteiger partial charge in [0.05, 0.1) is 11.3 Å². The Morgan fingerprint density at radius 2 is 2.11 bits per heavy atom. The van der Waals surface area contributed by atoms with E-state index in [1.807, 2.05) is 6.07 Å². The van der Waals surface area contributed by atoms with Crippen molar-refractivity contribution in [2.75, 3.05) is 17.2 Å². The largest absolute Gasteiger partial charge is 0.478 e. The molecular formula is C14H20N2O2. The lowest BCUT2D eigenvalue weighted by molar-refractivity contribution is 0.0697. The van der Waals surface area contributed by atoms with Gasteiger partial charge in [0, 0.05) is 18.3 Å². The minimum atomic E-state index is -0.914. The van der Waals surface area contributed by atoms with Gasteiger partial charge < -0.3 is 15.7 Å². The number of carbonyl (C=O) groups is 1. The van der Waals surface area contributed by atoms with Crippen molar-refractivity contribution in [2.24, 2.45) is 5.92 Å². The quantitative estimate of drug-likeness (QED) is 0.789. The van der Waals surface area contributed by atoms with E-state index in [0.29, 0.717) is 23.2 Å². The topological polar surface area (TPSA) is 66.6 Å². The van der Waals surface area contributed by atoms with Gasteiger partial charge in [0.2, 0.25) is 0 Å². The Bertz CT molecular complexity index is 459. The predicted octanol–water partition coefficient (Wildman–Crippen LogP) is 2.59. The van der Waals surface area contributed by atoms with Crippen LogP contribution in [0.15, 0.2) is 18.2 Å². The molecule has 4 nitrogen and oxygen atoms in total. The maximum absolute atomic E-state index is 11.3. The first kappa shape index (κ1) is 12.7. The molecule has 2 rings (SSSR count). The average Bonchev–Trinajstić information content (AvgIpc) is 2.32. The van der Waals surface area contributed by atoms with Crippen LogP contribution < -0.4 is 10.6 Å². The predicted molar refractivity (Wildman–Crippen MR) is 73.0 cm³/mol. The molecule has 1 aromatic carbocycles. The number of anilines is 2. The number of carboxylic acids is 1. The molecule has 0 amide bonds. The van der Waals surface area contributed by atoms with E-state index in [0.717, 1.165) is 18.7 Å². The van der Waals surface area contributed by atoms with E-state index in [2.05, 4.69) is 18.7 Å². The molecule has 0 saturated carbocycles. The first-order valence-electron chi connectivity index (χ1n) is 6.38. The number of hydrogen-bond donors (Lipinski definition) is 2. The third kappa shape index (κ3) is 2.42. The highest BCUT2D eigenvalue weighted by molar-refractivity contribution is 5.95. The Hall–Kier alpha value is -1.71. The molecule has 1 aliphatic rings. The Morgan fingerprint density at radius 3 is 2.78 bits per heavy atom. The molecule has 1 heterocycles. The van der Waals surface area contributed by atoms with Crippen LogP contribution in [0, 0.1) is 5.92 Å². The van der Waals surface area contributed by atoms with Crippen LogP contribution in [0.25, 0.3) is 0 Å². The third-order valence-corrected chi connectivity index (χ3v) is 3.68. The standard InChI is InChI=1S/C14H20N2O2/c1-9-3-4-10(2)16(8-9)13-6-5-11(15)7-12(13)14(17)18/h5-7,9-10H,3-4,8,15H2,1-2H3,(H,17,18). The van der Waals surface area contributed by atoms with E-state index >= 15 is 0 Å². The fourth-order valence-corrected chi connectivity index (χ4v) is 2.60. The normalized spacial score (nSPS) is 24.0. The monoisotopic (exact) mass is 248 g/mol. The average molecular weight is 248 g/mol. The second kappa shape index (κ2) is 4.88. The SMILES string of the molecule is CC1CCC(C)N(c2ccc(N)cc2C(=O)O)C1. The van der Waals surface area contributed by atoms with Crippen LogP contribution in [0.4, 0.5) is 11.4 Å². The number of rotatable bonds is 2. The summed E-state index contributed by atoms with van der Waals surface area (Å²) in [6.07, 6.45) is 2.31. The molecule has 1 fully saturated rings. The van der Waals surface area contributed by atoms with E-state index in [1.54, 1.807) is 12.1 Å². The van der Waals surface area contributed by atoms with Crippen molar-refractivity contribution in [2.45, 2.75) is 32.7 Å². The number of nitrogens with two attached hydrogens (primary N) is 1. The minimum absolute atomic E-state index is 0.302. The summed E-state index contributed by atoms with van der Waals surface area (Å²) in [4.78, 5) is 13.5. The van der Waals surface area contributed by atoms with E-state index in [-0.39, 0.29) is 0 Å². The van der Waals surface area contributed by atoms with Gasteiger partial charge in [0.25, 0.3) is 0 Å². The van der Waals surface area contributed by atoms with Crippen LogP contribution in [-0.2, 0) is 0 Å². The Kier molecular flexibility index (Phi) is 3.45. The Labute approximate surface area is 107 Å². The summed E-state index contributed by atoms with van der Waals surface area (Å²) < 4.78 is 0. The number of hydrogen-bond acceptors (Lipinski definition) is 3.